The molecule has 0 radical (unpaired) electrons. The Balaban J connectivity index is 0.00000176. The third-order valence-corrected chi connectivity index (χ3v) is 3.66. The maximum absolute atomic E-state index is 13.9. The van der Waals surface area contributed by atoms with E-state index in [4.69, 9.17) is 22.1 Å². The van der Waals surface area contributed by atoms with E-state index in [0.717, 1.165) is 18.5 Å². The van der Waals surface area contributed by atoms with Crippen LogP contribution in [0, 0.1) is 11.7 Å². The zero-order valence-corrected chi connectivity index (χ0v) is 16.6. The molecule has 2 heterocycles. The van der Waals surface area contributed by atoms with Crippen LogP contribution in [0.2, 0.25) is 5.15 Å². The first-order chi connectivity index (χ1) is 12.8. The van der Waals surface area contributed by atoms with Crippen LogP contribution >= 0.6 is 11.6 Å². The molecule has 0 fully saturated rings. The molecule has 2 rings (SSSR count). The van der Waals surface area contributed by atoms with E-state index in [9.17, 15) is 13.2 Å². The van der Waals surface area contributed by atoms with E-state index in [2.05, 4.69) is 9.97 Å². The molecule has 0 aliphatic carbocycles. The number of pyridine rings is 2. The van der Waals surface area contributed by atoms with E-state index in [-0.39, 0.29) is 40.4 Å². The summed E-state index contributed by atoms with van der Waals surface area (Å²) in [5, 5.41) is 0.0387. The van der Waals surface area contributed by atoms with E-state index >= 15 is 0 Å². The normalized spacial score (nSPS) is 12.0. The molecule has 1 unspecified atom stereocenters. The minimum absolute atomic E-state index is 0.00930. The largest absolute Gasteiger partial charge is 0.490 e. The van der Waals surface area contributed by atoms with Gasteiger partial charge in [-0.25, -0.2) is 18.2 Å². The lowest BCUT2D eigenvalue weighted by atomic mass is 10.1. The molecule has 0 saturated heterocycles. The quantitative estimate of drug-likeness (QED) is 0.606. The topological polar surface area (TPSA) is 61.0 Å². The predicted molar refractivity (Wildman–Crippen MR) is 102 cm³/mol. The van der Waals surface area contributed by atoms with Gasteiger partial charge in [0.25, 0.3) is 6.43 Å². The van der Waals surface area contributed by atoms with Crippen molar-refractivity contribution in [3.8, 4) is 17.0 Å². The first-order valence-corrected chi connectivity index (χ1v) is 9.13. The molecular weight excluding hydrogens is 379 g/mol. The van der Waals surface area contributed by atoms with Gasteiger partial charge in [0.15, 0.2) is 5.82 Å². The van der Waals surface area contributed by atoms with Gasteiger partial charge in [-0.2, -0.15) is 0 Å². The molecule has 1 atom stereocenters. The molecule has 0 bridgehead atoms. The number of hydrogen-bond donors (Lipinski definition) is 1. The summed E-state index contributed by atoms with van der Waals surface area (Å²) in [5.74, 6) is -0.406. The van der Waals surface area contributed by atoms with Crippen molar-refractivity contribution in [1.29, 1.82) is 0 Å². The predicted octanol–water partition coefficient (Wildman–Crippen LogP) is 5.65. The molecule has 2 aromatic rings. The number of rotatable bonds is 7. The number of alkyl halides is 2. The van der Waals surface area contributed by atoms with Crippen molar-refractivity contribution in [1.82, 2.24) is 9.97 Å². The lowest BCUT2D eigenvalue weighted by molar-refractivity contribution is 0.143. The standard InChI is InChI=1S/C17H19ClF3N3O.C2H6/c1-9(2)3-10(22)8-25-15-7-23-14(4-12(15)17(20)21)11-5-16(18)24-6-13(11)19;1-2/h4-7,9-10,17H,3,8,22H2,1-2H3;1-2H3. The Labute approximate surface area is 162 Å². The summed E-state index contributed by atoms with van der Waals surface area (Å²) in [6, 6.07) is 2.04. The molecule has 150 valence electrons. The molecule has 0 aliphatic rings. The minimum Gasteiger partial charge on any atom is -0.490 e. The Morgan fingerprint density at radius 1 is 1.15 bits per heavy atom. The lowest BCUT2D eigenvalue weighted by Gasteiger charge is -2.17. The highest BCUT2D eigenvalue weighted by atomic mass is 35.5. The zero-order chi connectivity index (χ0) is 20.6. The molecule has 8 heteroatoms. The van der Waals surface area contributed by atoms with Crippen LogP contribution in [0.25, 0.3) is 11.3 Å². The fourth-order valence-corrected chi connectivity index (χ4v) is 2.53. The zero-order valence-electron chi connectivity index (χ0n) is 15.8. The monoisotopic (exact) mass is 403 g/mol. The first-order valence-electron chi connectivity index (χ1n) is 8.75. The summed E-state index contributed by atoms with van der Waals surface area (Å²) >= 11 is 5.73. The molecule has 0 saturated carbocycles. The molecular formula is C19H25ClF3N3O. The van der Waals surface area contributed by atoms with Gasteiger partial charge in [0, 0.05) is 11.6 Å². The minimum atomic E-state index is -2.81. The summed E-state index contributed by atoms with van der Waals surface area (Å²) in [6.45, 7) is 8.11. The van der Waals surface area contributed by atoms with Gasteiger partial charge in [-0.05, 0) is 24.5 Å². The van der Waals surface area contributed by atoms with Gasteiger partial charge in [0.05, 0.1) is 23.7 Å². The molecule has 2 N–H and O–H groups in total. The second-order valence-electron chi connectivity index (χ2n) is 6.10. The fraction of sp³-hybridized carbons (Fsp3) is 0.474. The van der Waals surface area contributed by atoms with Gasteiger partial charge in [0.1, 0.15) is 17.5 Å². The summed E-state index contributed by atoms with van der Waals surface area (Å²) in [6.07, 6.45) is -0.0434. The second kappa shape index (κ2) is 11.1. The average molecular weight is 404 g/mol. The molecule has 0 amide bonds. The van der Waals surface area contributed by atoms with E-state index in [1.807, 2.05) is 27.7 Å². The lowest BCUT2D eigenvalue weighted by Crippen LogP contribution is -2.29. The number of ether oxygens (including phenoxy) is 1. The van der Waals surface area contributed by atoms with Crippen LogP contribution in [0.15, 0.2) is 24.5 Å². The molecule has 0 aromatic carbocycles. The van der Waals surface area contributed by atoms with Crippen molar-refractivity contribution in [2.24, 2.45) is 11.7 Å². The molecule has 27 heavy (non-hydrogen) atoms. The number of aromatic nitrogens is 2. The third kappa shape index (κ3) is 6.99. The molecule has 0 spiro atoms. The highest BCUT2D eigenvalue weighted by Crippen LogP contribution is 2.33. The Kier molecular flexibility index (Phi) is 9.52. The SMILES string of the molecule is CC.CC(C)CC(N)COc1cnc(-c2cc(Cl)ncc2F)cc1C(F)F. The van der Waals surface area contributed by atoms with Crippen LogP contribution in [0.5, 0.6) is 5.75 Å². The fourth-order valence-electron chi connectivity index (χ4n) is 2.38. The molecule has 0 aliphatic heterocycles. The summed E-state index contributed by atoms with van der Waals surface area (Å²) in [7, 11) is 0. The van der Waals surface area contributed by atoms with Crippen LogP contribution < -0.4 is 10.5 Å². The number of halogens is 4. The average Bonchev–Trinajstić information content (AvgIpc) is 2.63. The van der Waals surface area contributed by atoms with Crippen molar-refractivity contribution in [2.45, 2.75) is 46.6 Å². The maximum atomic E-state index is 13.9. The van der Waals surface area contributed by atoms with Crippen LogP contribution in [0.3, 0.4) is 0 Å². The first kappa shape index (κ1) is 23.2. The van der Waals surface area contributed by atoms with Gasteiger partial charge in [0.2, 0.25) is 0 Å². The second-order valence-corrected chi connectivity index (χ2v) is 6.48. The van der Waals surface area contributed by atoms with E-state index < -0.39 is 12.2 Å². The van der Waals surface area contributed by atoms with Crippen molar-refractivity contribution < 1.29 is 17.9 Å². The van der Waals surface area contributed by atoms with E-state index in [1.54, 1.807) is 0 Å². The van der Waals surface area contributed by atoms with Gasteiger partial charge in [-0.3, -0.25) is 4.98 Å². The van der Waals surface area contributed by atoms with Crippen molar-refractivity contribution >= 4 is 11.6 Å². The smallest absolute Gasteiger partial charge is 0.267 e. The van der Waals surface area contributed by atoms with Gasteiger partial charge in [-0.1, -0.05) is 39.3 Å². The number of nitrogens with zero attached hydrogens (tertiary/aromatic N) is 2. The highest BCUT2D eigenvalue weighted by Gasteiger charge is 2.19. The van der Waals surface area contributed by atoms with Crippen LogP contribution in [-0.4, -0.2) is 22.6 Å². The van der Waals surface area contributed by atoms with Gasteiger partial charge >= 0.3 is 0 Å². The van der Waals surface area contributed by atoms with E-state index in [0.29, 0.717) is 12.3 Å². The Morgan fingerprint density at radius 3 is 2.41 bits per heavy atom. The molecule has 4 nitrogen and oxygen atoms in total. The third-order valence-electron chi connectivity index (χ3n) is 3.46. The summed E-state index contributed by atoms with van der Waals surface area (Å²) in [5.41, 5.74) is 5.54. The van der Waals surface area contributed by atoms with Crippen molar-refractivity contribution in [2.75, 3.05) is 6.61 Å². The summed E-state index contributed by atoms with van der Waals surface area (Å²) < 4.78 is 46.0. The molecule has 2 aromatic heterocycles. The Bertz CT molecular complexity index is 729. The van der Waals surface area contributed by atoms with Gasteiger partial charge < -0.3 is 10.5 Å². The number of hydrogen-bond acceptors (Lipinski definition) is 4. The Morgan fingerprint density at radius 2 is 1.81 bits per heavy atom. The van der Waals surface area contributed by atoms with Crippen molar-refractivity contribution in [3.63, 3.8) is 0 Å². The maximum Gasteiger partial charge on any atom is 0.267 e. The summed E-state index contributed by atoms with van der Waals surface area (Å²) in [4.78, 5) is 7.60. The van der Waals surface area contributed by atoms with Crippen LogP contribution in [-0.2, 0) is 0 Å². The van der Waals surface area contributed by atoms with Crippen molar-refractivity contribution in [3.05, 3.63) is 41.1 Å². The highest BCUT2D eigenvalue weighted by molar-refractivity contribution is 6.29. The van der Waals surface area contributed by atoms with Crippen LogP contribution in [0.4, 0.5) is 13.2 Å². The van der Waals surface area contributed by atoms with Gasteiger partial charge in [-0.15, -0.1) is 0 Å². The Hall–Kier alpha value is -1.86. The van der Waals surface area contributed by atoms with Crippen LogP contribution in [0.1, 0.15) is 46.1 Å². The number of nitrogens with two attached hydrogens (primary N) is 1. The van der Waals surface area contributed by atoms with E-state index in [1.165, 1.54) is 6.07 Å².